The lowest BCUT2D eigenvalue weighted by Crippen LogP contribution is -1.71. The van der Waals surface area contributed by atoms with Gasteiger partial charge in [-0.05, 0) is 41.9 Å². The third kappa shape index (κ3) is 1.41. The molecule has 1 aliphatic heterocycles. The number of aromatic amines is 1. The molecule has 4 heteroatoms. The lowest BCUT2D eigenvalue weighted by molar-refractivity contribution is 0.569. The van der Waals surface area contributed by atoms with Crippen LogP contribution in [-0.2, 0) is 0 Å². The van der Waals surface area contributed by atoms with Gasteiger partial charge in [0.05, 0.1) is 5.69 Å². The summed E-state index contributed by atoms with van der Waals surface area (Å²) in [6, 6.07) is 9.55. The maximum absolute atomic E-state index is 5.77. The average Bonchev–Trinajstić information content (AvgIpc) is 2.84. The fraction of sp³-hybridized carbons (Fsp3) is 0. The summed E-state index contributed by atoms with van der Waals surface area (Å²) in [5.74, 6) is 0.784. The maximum Gasteiger partial charge on any atom is 0.193 e. The molecule has 74 valence electrons. The van der Waals surface area contributed by atoms with Crippen LogP contribution in [0.5, 0.6) is 0 Å². The molecule has 0 atom stereocenters. The molecule has 0 amide bonds. The summed E-state index contributed by atoms with van der Waals surface area (Å²) >= 11 is 5.77. The predicted octanol–water partition coefficient (Wildman–Crippen LogP) is 3.43. The molecule has 0 spiro atoms. The zero-order chi connectivity index (χ0) is 10.3. The third-order valence-electron chi connectivity index (χ3n) is 2.30. The minimum atomic E-state index is 0.393. The zero-order valence-corrected chi connectivity index (χ0v) is 8.45. The van der Waals surface area contributed by atoms with E-state index in [1.165, 1.54) is 0 Å². The van der Waals surface area contributed by atoms with Crippen LogP contribution in [0.3, 0.4) is 0 Å². The van der Waals surface area contributed by atoms with Crippen LogP contribution in [0.1, 0.15) is 0 Å². The largest absolute Gasteiger partial charge is 0.445 e. The number of rotatable bonds is 1. The molecule has 0 radical (unpaired) electrons. The molecule has 1 N–H and O–H groups in total. The molecule has 0 aromatic carbocycles. The van der Waals surface area contributed by atoms with Gasteiger partial charge in [-0.25, -0.2) is 0 Å². The Morgan fingerprint density at radius 2 is 2.07 bits per heavy atom. The van der Waals surface area contributed by atoms with Gasteiger partial charge in [-0.15, -0.1) is 0 Å². The summed E-state index contributed by atoms with van der Waals surface area (Å²) in [6.07, 6.45) is 1.72. The number of aromatic nitrogens is 2. The van der Waals surface area contributed by atoms with Crippen molar-refractivity contribution >= 4 is 11.6 Å². The Labute approximate surface area is 91.0 Å². The highest BCUT2D eigenvalue weighted by molar-refractivity contribution is 6.28. The van der Waals surface area contributed by atoms with Gasteiger partial charge in [0.15, 0.2) is 5.22 Å². The van der Waals surface area contributed by atoms with Crippen LogP contribution in [0.25, 0.3) is 22.6 Å². The summed E-state index contributed by atoms with van der Waals surface area (Å²) in [5, 5.41) is 7.20. The fourth-order valence-electron chi connectivity index (χ4n) is 1.59. The van der Waals surface area contributed by atoms with Crippen LogP contribution >= 0.6 is 11.6 Å². The number of nitrogens with zero attached hydrogens (tertiary/aromatic N) is 1. The van der Waals surface area contributed by atoms with Gasteiger partial charge in [-0.3, -0.25) is 5.10 Å². The lowest BCUT2D eigenvalue weighted by Gasteiger charge is -1.95. The summed E-state index contributed by atoms with van der Waals surface area (Å²) in [4.78, 5) is 0. The Kier molecular flexibility index (Phi) is 1.79. The fourth-order valence-corrected chi connectivity index (χ4v) is 1.74. The van der Waals surface area contributed by atoms with E-state index in [1.54, 1.807) is 12.3 Å². The number of nitrogens with one attached hydrogen (secondary N) is 1. The monoisotopic (exact) mass is 218 g/mol. The van der Waals surface area contributed by atoms with Crippen molar-refractivity contribution in [2.75, 3.05) is 0 Å². The summed E-state index contributed by atoms with van der Waals surface area (Å²) in [6.45, 7) is 0. The standard InChI is InChI=1S/C11H7ClN2O/c12-11-2-1-7-5-8(6-10(7)15-11)9-3-4-13-14-9/h1-6H,(H,13,14). The predicted molar refractivity (Wildman–Crippen MR) is 57.9 cm³/mol. The molecule has 3 rings (SSSR count). The zero-order valence-electron chi connectivity index (χ0n) is 7.70. The molecule has 1 aliphatic carbocycles. The summed E-state index contributed by atoms with van der Waals surface area (Å²) < 4.78 is 5.37. The van der Waals surface area contributed by atoms with E-state index >= 15 is 0 Å². The van der Waals surface area contributed by atoms with Crippen molar-refractivity contribution in [2.45, 2.75) is 0 Å². The van der Waals surface area contributed by atoms with Gasteiger partial charge in [0.2, 0.25) is 0 Å². The Morgan fingerprint density at radius 1 is 1.13 bits per heavy atom. The van der Waals surface area contributed by atoms with Crippen molar-refractivity contribution in [3.8, 4) is 22.6 Å². The van der Waals surface area contributed by atoms with Crippen LogP contribution in [0.15, 0.2) is 40.9 Å². The Morgan fingerprint density at radius 3 is 2.87 bits per heavy atom. The molecule has 15 heavy (non-hydrogen) atoms. The second-order valence-corrected chi connectivity index (χ2v) is 3.65. The van der Waals surface area contributed by atoms with E-state index in [4.69, 9.17) is 16.0 Å². The van der Waals surface area contributed by atoms with Gasteiger partial charge in [0.1, 0.15) is 5.76 Å². The highest BCUT2D eigenvalue weighted by atomic mass is 35.5. The Hall–Kier alpha value is -1.74. The maximum atomic E-state index is 5.77. The molecule has 0 saturated heterocycles. The molecule has 0 unspecified atom stereocenters. The number of hydrogen-bond acceptors (Lipinski definition) is 2. The van der Waals surface area contributed by atoms with Gasteiger partial charge in [0.25, 0.3) is 0 Å². The quantitative estimate of drug-likeness (QED) is 0.680. The topological polar surface area (TPSA) is 41.8 Å². The Bertz CT molecular complexity index is 556. The van der Waals surface area contributed by atoms with E-state index in [1.807, 2.05) is 24.3 Å². The molecule has 0 saturated carbocycles. The van der Waals surface area contributed by atoms with Crippen molar-refractivity contribution in [3.63, 3.8) is 0 Å². The van der Waals surface area contributed by atoms with Gasteiger partial charge in [-0.1, -0.05) is 0 Å². The minimum absolute atomic E-state index is 0.393. The van der Waals surface area contributed by atoms with Crippen molar-refractivity contribution in [2.24, 2.45) is 0 Å². The van der Waals surface area contributed by atoms with Gasteiger partial charge >= 0.3 is 0 Å². The molecule has 1 aromatic rings. The minimum Gasteiger partial charge on any atom is -0.445 e. The lowest BCUT2D eigenvalue weighted by atomic mass is 10.2. The molecule has 2 aliphatic rings. The van der Waals surface area contributed by atoms with E-state index in [0.717, 1.165) is 22.6 Å². The summed E-state index contributed by atoms with van der Waals surface area (Å²) in [7, 11) is 0. The van der Waals surface area contributed by atoms with Crippen LogP contribution in [-0.4, -0.2) is 10.2 Å². The van der Waals surface area contributed by atoms with E-state index in [2.05, 4.69) is 10.2 Å². The van der Waals surface area contributed by atoms with Crippen molar-refractivity contribution < 1.29 is 4.42 Å². The molecular formula is C11H7ClN2O. The van der Waals surface area contributed by atoms with Crippen molar-refractivity contribution in [1.82, 2.24) is 10.2 Å². The first kappa shape index (κ1) is 8.56. The number of H-pyrrole nitrogens is 1. The van der Waals surface area contributed by atoms with Crippen LogP contribution < -0.4 is 0 Å². The molecule has 0 bridgehead atoms. The Balaban J connectivity index is 2.20. The van der Waals surface area contributed by atoms with Gasteiger partial charge in [0, 0.05) is 17.3 Å². The highest BCUT2D eigenvalue weighted by Gasteiger charge is 2.11. The van der Waals surface area contributed by atoms with E-state index in [9.17, 15) is 0 Å². The first-order valence-electron chi connectivity index (χ1n) is 4.52. The highest BCUT2D eigenvalue weighted by Crippen LogP contribution is 2.33. The van der Waals surface area contributed by atoms with Gasteiger partial charge in [-0.2, -0.15) is 5.10 Å². The van der Waals surface area contributed by atoms with Crippen LogP contribution in [0.2, 0.25) is 5.22 Å². The first-order valence-corrected chi connectivity index (χ1v) is 4.89. The van der Waals surface area contributed by atoms with Gasteiger partial charge < -0.3 is 4.42 Å². The number of halogens is 1. The molecule has 1 aromatic heterocycles. The van der Waals surface area contributed by atoms with Crippen molar-refractivity contribution in [3.05, 3.63) is 41.7 Å². The van der Waals surface area contributed by atoms with Crippen LogP contribution in [0.4, 0.5) is 0 Å². The first-order chi connectivity index (χ1) is 7.33. The van der Waals surface area contributed by atoms with Crippen molar-refractivity contribution in [1.29, 1.82) is 0 Å². The third-order valence-corrected chi connectivity index (χ3v) is 2.50. The molecular weight excluding hydrogens is 212 g/mol. The normalized spacial score (nSPS) is 11.0. The number of hydrogen-bond donors (Lipinski definition) is 1. The molecule has 0 fully saturated rings. The second-order valence-electron chi connectivity index (χ2n) is 3.27. The van der Waals surface area contributed by atoms with E-state index in [0.29, 0.717) is 5.22 Å². The van der Waals surface area contributed by atoms with Crippen LogP contribution in [0, 0.1) is 0 Å². The van der Waals surface area contributed by atoms with E-state index in [-0.39, 0.29) is 0 Å². The SMILES string of the molecule is Clc1ccc2cc(-c3ccn[nH]3)cc-2o1. The number of fused-ring (bicyclic) bond motifs is 1. The summed E-state index contributed by atoms with van der Waals surface area (Å²) in [5.41, 5.74) is 3.05. The molecule has 3 nitrogen and oxygen atoms in total. The average molecular weight is 219 g/mol. The molecule has 2 heterocycles. The second kappa shape index (κ2) is 3.14. The smallest absolute Gasteiger partial charge is 0.193 e. The van der Waals surface area contributed by atoms with E-state index < -0.39 is 0 Å².